The van der Waals surface area contributed by atoms with Crippen LogP contribution < -0.4 is 16.8 Å². The minimum Gasteiger partial charge on any atom is -0.338 e. The van der Waals surface area contributed by atoms with Crippen molar-refractivity contribution < 1.29 is 4.79 Å². The average molecular weight is 382 g/mol. The van der Waals surface area contributed by atoms with Crippen LogP contribution >= 0.6 is 0 Å². The second-order valence-electron chi connectivity index (χ2n) is 8.44. The van der Waals surface area contributed by atoms with Crippen LogP contribution in [0.3, 0.4) is 0 Å². The fourth-order valence-electron chi connectivity index (χ4n) is 3.59. The molecule has 1 heterocycles. The molecule has 0 fully saturated rings. The Morgan fingerprint density at radius 2 is 2.07 bits per heavy atom. The SMILES string of the molecule is Cc1cnc(C(=O)Nc2ccc(C(CN)CN)cc2C2=CCC(C)(C)CC2)[nH]1. The number of H-pyrrole nitrogens is 1. The number of nitrogens with zero attached hydrogens (tertiary/aromatic N) is 1. The number of benzene rings is 1. The second kappa shape index (κ2) is 8.29. The zero-order valence-electron chi connectivity index (χ0n) is 17.0. The highest BCUT2D eigenvalue weighted by Gasteiger charge is 2.24. The minimum atomic E-state index is -0.243. The molecule has 1 aliphatic carbocycles. The summed E-state index contributed by atoms with van der Waals surface area (Å²) in [6.45, 7) is 7.45. The molecule has 0 atom stereocenters. The van der Waals surface area contributed by atoms with Gasteiger partial charge in [-0.3, -0.25) is 4.79 Å². The molecule has 0 saturated heterocycles. The van der Waals surface area contributed by atoms with Gasteiger partial charge in [-0.25, -0.2) is 4.98 Å². The maximum atomic E-state index is 12.6. The van der Waals surface area contributed by atoms with E-state index in [4.69, 9.17) is 11.5 Å². The van der Waals surface area contributed by atoms with Crippen LogP contribution in [-0.4, -0.2) is 29.0 Å². The maximum absolute atomic E-state index is 12.6. The molecule has 1 aromatic heterocycles. The van der Waals surface area contributed by atoms with E-state index in [1.54, 1.807) is 6.20 Å². The van der Waals surface area contributed by atoms with Gasteiger partial charge in [0, 0.05) is 42.1 Å². The number of carbonyl (C=O) groups is 1. The molecule has 1 amide bonds. The first-order valence-corrected chi connectivity index (χ1v) is 9.89. The van der Waals surface area contributed by atoms with Crippen molar-refractivity contribution in [2.24, 2.45) is 16.9 Å². The highest BCUT2D eigenvalue weighted by Crippen LogP contribution is 2.40. The third-order valence-electron chi connectivity index (χ3n) is 5.57. The molecule has 6 nitrogen and oxygen atoms in total. The number of carbonyl (C=O) groups excluding carboxylic acids is 1. The summed E-state index contributed by atoms with van der Waals surface area (Å²) in [4.78, 5) is 19.7. The lowest BCUT2D eigenvalue weighted by atomic mass is 9.76. The molecule has 1 aromatic carbocycles. The van der Waals surface area contributed by atoms with Gasteiger partial charge in [-0.05, 0) is 54.9 Å². The standard InChI is InChI=1S/C22H31N5O/c1-14-13-25-20(26-14)21(28)27-19-5-4-16(17(11-23)12-24)10-18(19)15-6-8-22(2,3)9-7-15/h4-6,10,13,17H,7-9,11-12,23-24H2,1-3H3,(H,25,26)(H,27,28). The van der Waals surface area contributed by atoms with Crippen molar-refractivity contribution in [2.75, 3.05) is 18.4 Å². The van der Waals surface area contributed by atoms with Gasteiger partial charge in [0.05, 0.1) is 0 Å². The first-order valence-electron chi connectivity index (χ1n) is 9.89. The Kier molecular flexibility index (Phi) is 6.01. The molecule has 6 heteroatoms. The summed E-state index contributed by atoms with van der Waals surface area (Å²) in [7, 11) is 0. The lowest BCUT2D eigenvalue weighted by molar-refractivity contribution is 0.101. The predicted octanol–water partition coefficient (Wildman–Crippen LogP) is 3.56. The van der Waals surface area contributed by atoms with Gasteiger partial charge in [0.1, 0.15) is 0 Å². The van der Waals surface area contributed by atoms with E-state index in [1.165, 1.54) is 5.57 Å². The first-order chi connectivity index (χ1) is 13.3. The summed E-state index contributed by atoms with van der Waals surface area (Å²) >= 11 is 0. The zero-order valence-corrected chi connectivity index (χ0v) is 17.0. The number of allylic oxidation sites excluding steroid dienone is 2. The normalized spacial score (nSPS) is 16.1. The van der Waals surface area contributed by atoms with Crippen molar-refractivity contribution in [3.8, 4) is 0 Å². The third-order valence-corrected chi connectivity index (χ3v) is 5.57. The summed E-state index contributed by atoms with van der Waals surface area (Å²) < 4.78 is 0. The van der Waals surface area contributed by atoms with E-state index in [1.807, 2.05) is 19.1 Å². The van der Waals surface area contributed by atoms with E-state index in [0.29, 0.717) is 24.3 Å². The summed E-state index contributed by atoms with van der Waals surface area (Å²) in [6, 6.07) is 6.10. The number of nitrogens with two attached hydrogens (primary N) is 2. The lowest BCUT2D eigenvalue weighted by Crippen LogP contribution is -2.22. The highest BCUT2D eigenvalue weighted by molar-refractivity contribution is 6.03. The molecule has 6 N–H and O–H groups in total. The van der Waals surface area contributed by atoms with Crippen LogP contribution in [0.5, 0.6) is 0 Å². The average Bonchev–Trinajstić information content (AvgIpc) is 3.10. The number of anilines is 1. The number of aromatic nitrogens is 2. The van der Waals surface area contributed by atoms with Crippen molar-refractivity contribution in [3.63, 3.8) is 0 Å². The largest absolute Gasteiger partial charge is 0.338 e. The van der Waals surface area contributed by atoms with Gasteiger partial charge in [0.15, 0.2) is 5.82 Å². The predicted molar refractivity (Wildman–Crippen MR) is 114 cm³/mol. The maximum Gasteiger partial charge on any atom is 0.291 e. The molecule has 2 aromatic rings. The Labute approximate surface area is 166 Å². The Morgan fingerprint density at radius 1 is 1.32 bits per heavy atom. The summed E-state index contributed by atoms with van der Waals surface area (Å²) in [5, 5.41) is 3.02. The van der Waals surface area contributed by atoms with Crippen LogP contribution in [0, 0.1) is 12.3 Å². The third kappa shape index (κ3) is 4.51. The smallest absolute Gasteiger partial charge is 0.291 e. The van der Waals surface area contributed by atoms with Gasteiger partial charge in [0.25, 0.3) is 5.91 Å². The molecule has 28 heavy (non-hydrogen) atoms. The summed E-state index contributed by atoms with van der Waals surface area (Å²) in [5.41, 5.74) is 17.2. The van der Waals surface area contributed by atoms with E-state index < -0.39 is 0 Å². The van der Waals surface area contributed by atoms with E-state index in [2.05, 4.69) is 41.3 Å². The van der Waals surface area contributed by atoms with Crippen molar-refractivity contribution in [1.29, 1.82) is 0 Å². The molecule has 0 unspecified atom stereocenters. The topological polar surface area (TPSA) is 110 Å². The monoisotopic (exact) mass is 381 g/mol. The molecular weight excluding hydrogens is 350 g/mol. The number of amides is 1. The number of aryl methyl sites for hydroxylation is 1. The summed E-state index contributed by atoms with van der Waals surface area (Å²) in [5.74, 6) is 0.179. The van der Waals surface area contributed by atoms with Gasteiger partial charge >= 0.3 is 0 Å². The number of hydrogen-bond acceptors (Lipinski definition) is 4. The molecule has 0 radical (unpaired) electrons. The molecule has 0 aliphatic heterocycles. The fraction of sp³-hybridized carbons (Fsp3) is 0.455. The minimum absolute atomic E-state index is 0.108. The number of aromatic amines is 1. The quantitative estimate of drug-likeness (QED) is 0.613. The molecule has 3 rings (SSSR count). The van der Waals surface area contributed by atoms with E-state index in [9.17, 15) is 4.79 Å². The zero-order chi connectivity index (χ0) is 20.3. The Hall–Kier alpha value is -2.44. The van der Waals surface area contributed by atoms with Crippen LogP contribution in [0.2, 0.25) is 0 Å². The molecular formula is C22H31N5O. The van der Waals surface area contributed by atoms with Crippen molar-refractivity contribution in [2.45, 2.75) is 46.0 Å². The molecule has 0 saturated carbocycles. The Bertz CT molecular complexity index is 877. The fourth-order valence-corrected chi connectivity index (χ4v) is 3.59. The van der Waals surface area contributed by atoms with Crippen molar-refractivity contribution in [1.82, 2.24) is 9.97 Å². The lowest BCUT2D eigenvalue weighted by Gasteiger charge is -2.29. The molecule has 0 bridgehead atoms. The van der Waals surface area contributed by atoms with Crippen LogP contribution in [0.25, 0.3) is 5.57 Å². The number of imidazole rings is 1. The van der Waals surface area contributed by atoms with Crippen LogP contribution in [-0.2, 0) is 0 Å². The van der Waals surface area contributed by atoms with Crippen LogP contribution in [0.1, 0.15) is 66.5 Å². The van der Waals surface area contributed by atoms with Crippen molar-refractivity contribution >= 4 is 17.2 Å². The van der Waals surface area contributed by atoms with Crippen LogP contribution in [0.15, 0.2) is 30.5 Å². The number of rotatable bonds is 6. The van der Waals surface area contributed by atoms with Gasteiger partial charge in [0.2, 0.25) is 0 Å². The van der Waals surface area contributed by atoms with Gasteiger partial charge in [-0.1, -0.05) is 26.0 Å². The Morgan fingerprint density at radius 3 is 2.64 bits per heavy atom. The van der Waals surface area contributed by atoms with E-state index >= 15 is 0 Å². The van der Waals surface area contributed by atoms with Gasteiger partial charge in [-0.2, -0.15) is 0 Å². The van der Waals surface area contributed by atoms with Crippen molar-refractivity contribution in [3.05, 3.63) is 53.1 Å². The van der Waals surface area contributed by atoms with E-state index in [-0.39, 0.29) is 11.8 Å². The number of nitrogens with one attached hydrogen (secondary N) is 2. The van der Waals surface area contributed by atoms with Gasteiger partial charge in [-0.15, -0.1) is 0 Å². The molecule has 1 aliphatic rings. The number of hydrogen-bond donors (Lipinski definition) is 4. The molecule has 0 spiro atoms. The highest BCUT2D eigenvalue weighted by atomic mass is 16.2. The molecule has 150 valence electrons. The summed E-state index contributed by atoms with van der Waals surface area (Å²) in [6.07, 6.45) is 7.07. The van der Waals surface area contributed by atoms with E-state index in [0.717, 1.165) is 41.8 Å². The van der Waals surface area contributed by atoms with Gasteiger partial charge < -0.3 is 21.8 Å². The first kappa shape index (κ1) is 20.3. The Balaban J connectivity index is 1.96. The second-order valence-corrected chi connectivity index (χ2v) is 8.44. The van der Waals surface area contributed by atoms with Crippen LogP contribution in [0.4, 0.5) is 5.69 Å².